The Kier molecular flexibility index (Phi) is 4.97. The van der Waals surface area contributed by atoms with Gasteiger partial charge in [0.05, 0.1) is 29.1 Å². The molecule has 0 radical (unpaired) electrons. The summed E-state index contributed by atoms with van der Waals surface area (Å²) in [6.07, 6.45) is 5.07. The average molecular weight is 400 g/mol. The highest BCUT2D eigenvalue weighted by atomic mass is 35.5. The van der Waals surface area contributed by atoms with Gasteiger partial charge in [-0.2, -0.15) is 5.26 Å². The largest absolute Gasteiger partial charge is 0.337 e. The molecule has 2 heterocycles. The Morgan fingerprint density at radius 1 is 1.39 bits per heavy atom. The quantitative estimate of drug-likeness (QED) is 0.588. The molecule has 1 aromatic rings. The monoisotopic (exact) mass is 399 g/mol. The molecule has 5 rings (SSSR count). The number of hydrogen-bond donors (Lipinski definition) is 2. The van der Waals surface area contributed by atoms with Gasteiger partial charge in [-0.3, -0.25) is 4.79 Å². The van der Waals surface area contributed by atoms with E-state index in [9.17, 15) is 10.1 Å². The van der Waals surface area contributed by atoms with Crippen molar-refractivity contribution in [3.8, 4) is 6.07 Å². The van der Waals surface area contributed by atoms with Gasteiger partial charge >= 0.3 is 0 Å². The van der Waals surface area contributed by atoms with Crippen LogP contribution < -0.4 is 5.32 Å². The first kappa shape index (κ1) is 19.4. The summed E-state index contributed by atoms with van der Waals surface area (Å²) < 4.78 is 0. The Labute approximate surface area is 171 Å². The van der Waals surface area contributed by atoms with Crippen molar-refractivity contribution in [2.24, 2.45) is 17.3 Å². The van der Waals surface area contributed by atoms with Crippen LogP contribution in [0, 0.1) is 34.0 Å². The van der Waals surface area contributed by atoms with Gasteiger partial charge in [-0.15, -0.1) is 0 Å². The summed E-state index contributed by atoms with van der Waals surface area (Å²) in [5, 5.41) is 20.9. The topological polar surface area (TPSA) is 84.6 Å². The molecule has 3 atom stereocenters. The Morgan fingerprint density at radius 2 is 2.07 bits per heavy atom. The van der Waals surface area contributed by atoms with Crippen molar-refractivity contribution in [1.29, 1.82) is 10.7 Å². The molecule has 0 aromatic heterocycles. The van der Waals surface area contributed by atoms with E-state index in [0.29, 0.717) is 23.1 Å². The number of rotatable bonds is 5. The van der Waals surface area contributed by atoms with Crippen molar-refractivity contribution >= 4 is 28.9 Å². The fourth-order valence-electron chi connectivity index (χ4n) is 5.95. The first-order valence-corrected chi connectivity index (χ1v) is 10.6. The minimum atomic E-state index is -0.201. The summed E-state index contributed by atoms with van der Waals surface area (Å²) in [7, 11) is 1.93. The number of hydrogen-bond acceptors (Lipinski definition) is 3. The van der Waals surface area contributed by atoms with E-state index in [2.05, 4.69) is 11.0 Å². The van der Waals surface area contributed by atoms with Crippen molar-refractivity contribution < 1.29 is 10.1 Å². The van der Waals surface area contributed by atoms with Gasteiger partial charge in [0.25, 0.3) is 0 Å². The van der Waals surface area contributed by atoms with Gasteiger partial charge in [0.15, 0.2) is 0 Å². The summed E-state index contributed by atoms with van der Waals surface area (Å²) in [6, 6.07) is 8.63. The van der Waals surface area contributed by atoms with Gasteiger partial charge in [-0.25, -0.2) is 0 Å². The first-order valence-electron chi connectivity index (χ1n) is 10.3. The molecule has 0 spiro atoms. The third kappa shape index (κ3) is 3.13. The minimum absolute atomic E-state index is 0.133. The average Bonchev–Trinajstić information content (AvgIpc) is 2.66. The Hall–Kier alpha value is -1.90. The number of amides is 1. The third-order valence-electron chi connectivity index (χ3n) is 7.05. The standard InChI is InChI=1S/C22H27ClN4O/c1-13(21(25)20-17(23)4-3-5-18(20)26-2)6-19(28)27-15-7-14-8-16(27)11-22(9-14,10-15)12-24/h3-5,13-16,25-26H,6-11H2,1-2H3/p+1. The van der Waals surface area contributed by atoms with E-state index in [1.807, 2.05) is 31.4 Å². The van der Waals surface area contributed by atoms with Crippen LogP contribution >= 0.6 is 11.6 Å². The normalized spacial score (nSPS) is 31.5. The van der Waals surface area contributed by atoms with E-state index in [1.54, 1.807) is 6.07 Å². The zero-order chi connectivity index (χ0) is 20.1. The molecule has 2 aliphatic carbocycles. The lowest BCUT2D eigenvalue weighted by Crippen LogP contribution is -2.73. The van der Waals surface area contributed by atoms with E-state index in [1.165, 1.54) is 0 Å². The number of piperidine rings is 2. The summed E-state index contributed by atoms with van der Waals surface area (Å²) in [5.41, 5.74) is 1.89. The van der Waals surface area contributed by atoms with Crippen molar-refractivity contribution in [2.75, 3.05) is 7.05 Å². The van der Waals surface area contributed by atoms with Crippen LogP contribution in [0.3, 0.4) is 0 Å². The van der Waals surface area contributed by atoms with Gasteiger partial charge in [0, 0.05) is 30.1 Å². The molecule has 1 amide bonds. The Balaban J connectivity index is 1.49. The van der Waals surface area contributed by atoms with E-state index < -0.39 is 0 Å². The summed E-state index contributed by atoms with van der Waals surface area (Å²) in [4.78, 5) is 15.3. The van der Waals surface area contributed by atoms with E-state index in [4.69, 9.17) is 17.0 Å². The number of nitrogens with zero attached hydrogens (tertiary/aromatic N) is 2. The maximum absolute atomic E-state index is 13.2. The number of benzene rings is 1. The lowest BCUT2D eigenvalue weighted by Gasteiger charge is -2.59. The summed E-state index contributed by atoms with van der Waals surface area (Å²) >= 11 is 6.38. The van der Waals surface area contributed by atoms with Crippen LogP contribution in [0.25, 0.3) is 0 Å². The molecule has 4 aliphatic rings. The third-order valence-corrected chi connectivity index (χ3v) is 7.37. The zero-order valence-electron chi connectivity index (χ0n) is 16.5. The van der Waals surface area contributed by atoms with Crippen LogP contribution in [-0.4, -0.2) is 35.7 Å². The number of nitrogens with one attached hydrogen (secondary N) is 1. The first-order chi connectivity index (χ1) is 13.4. The van der Waals surface area contributed by atoms with Gasteiger partial charge in [0.2, 0.25) is 5.91 Å². The second-order valence-electron chi connectivity index (χ2n) is 8.96. The lowest BCUT2D eigenvalue weighted by molar-refractivity contribution is -0.539. The number of halogens is 1. The highest BCUT2D eigenvalue weighted by Gasteiger charge is 2.56. The molecule has 6 heteroatoms. The highest BCUT2D eigenvalue weighted by molar-refractivity contribution is 6.34. The van der Waals surface area contributed by atoms with Crippen LogP contribution in [0.5, 0.6) is 0 Å². The molecule has 2 saturated heterocycles. The minimum Gasteiger partial charge on any atom is -0.337 e. The Morgan fingerprint density at radius 3 is 2.68 bits per heavy atom. The molecular formula is C22H28ClN4O+. The lowest BCUT2D eigenvalue weighted by atomic mass is 9.56. The van der Waals surface area contributed by atoms with Crippen molar-refractivity contribution in [2.45, 2.75) is 57.5 Å². The molecule has 4 fully saturated rings. The summed E-state index contributed by atoms with van der Waals surface area (Å²) in [6.45, 7) is 1.94. The van der Waals surface area contributed by atoms with E-state index in [0.717, 1.165) is 43.4 Å². The predicted octanol–water partition coefficient (Wildman–Crippen LogP) is 3.24. The van der Waals surface area contributed by atoms with Crippen LogP contribution in [0.2, 0.25) is 5.02 Å². The molecular weight excluding hydrogens is 372 g/mol. The number of nitrogens with two attached hydrogens (primary N) is 1. The molecule has 3 unspecified atom stereocenters. The smallest absolute Gasteiger partial charge is 0.223 e. The fourth-order valence-corrected chi connectivity index (χ4v) is 6.23. The fraction of sp³-hybridized carbons (Fsp3) is 0.591. The predicted molar refractivity (Wildman–Crippen MR) is 109 cm³/mol. The number of carbonyl (C=O) groups is 1. The molecule has 28 heavy (non-hydrogen) atoms. The van der Waals surface area contributed by atoms with Crippen LogP contribution in [0.4, 0.5) is 5.69 Å². The van der Waals surface area contributed by atoms with E-state index in [-0.39, 0.29) is 29.3 Å². The molecule has 5 nitrogen and oxygen atoms in total. The second-order valence-corrected chi connectivity index (χ2v) is 9.37. The van der Waals surface area contributed by atoms with Gasteiger partial charge in [-0.1, -0.05) is 24.6 Å². The Bertz CT molecular complexity index is 845. The zero-order valence-corrected chi connectivity index (χ0v) is 17.3. The van der Waals surface area contributed by atoms with Crippen LogP contribution in [0.1, 0.15) is 51.0 Å². The molecule has 2 saturated carbocycles. The SMILES string of the molecule is C[NH2+]c1cccc(Cl)c1C(=N)C(C)CC(=O)N1C2CC3CC1CC(C#N)(C3)C2. The maximum atomic E-state index is 13.2. The van der Waals surface area contributed by atoms with Crippen molar-refractivity contribution in [3.63, 3.8) is 0 Å². The number of quaternary nitrogens is 1. The summed E-state index contributed by atoms with van der Waals surface area (Å²) in [5.74, 6) is 0.532. The van der Waals surface area contributed by atoms with Crippen LogP contribution in [0.15, 0.2) is 18.2 Å². The van der Waals surface area contributed by atoms with Crippen molar-refractivity contribution in [3.05, 3.63) is 28.8 Å². The number of nitriles is 1. The highest BCUT2D eigenvalue weighted by Crippen LogP contribution is 2.56. The number of carbonyl (C=O) groups excluding carboxylic acids is 1. The van der Waals surface area contributed by atoms with Gasteiger partial charge < -0.3 is 15.6 Å². The van der Waals surface area contributed by atoms with E-state index >= 15 is 0 Å². The van der Waals surface area contributed by atoms with Gasteiger partial charge in [0.1, 0.15) is 5.69 Å². The molecule has 1 aromatic carbocycles. The molecule has 4 bridgehead atoms. The second kappa shape index (κ2) is 7.17. The molecule has 2 aliphatic heterocycles. The van der Waals surface area contributed by atoms with Gasteiger partial charge in [-0.05, 0) is 50.2 Å². The van der Waals surface area contributed by atoms with Crippen LogP contribution in [-0.2, 0) is 4.79 Å². The molecule has 148 valence electrons. The maximum Gasteiger partial charge on any atom is 0.223 e. The molecule has 3 N–H and O–H groups in total. The van der Waals surface area contributed by atoms with Crippen molar-refractivity contribution in [1.82, 2.24) is 4.90 Å².